The van der Waals surface area contributed by atoms with Crippen LogP contribution in [0.4, 0.5) is 4.79 Å². The molecule has 1 heterocycles. The van der Waals surface area contributed by atoms with Crippen molar-refractivity contribution in [1.29, 1.82) is 0 Å². The molecule has 2 atom stereocenters. The Morgan fingerprint density at radius 2 is 1.72 bits per heavy atom. The van der Waals surface area contributed by atoms with Gasteiger partial charge in [-0.25, -0.2) is 4.79 Å². The molecule has 7 heteroatoms. The quantitative estimate of drug-likeness (QED) is 0.722. The lowest BCUT2D eigenvalue weighted by atomic mass is 9.87. The highest BCUT2D eigenvalue weighted by Gasteiger charge is 2.42. The number of nitrogens with one attached hydrogen (secondary N) is 2. The summed E-state index contributed by atoms with van der Waals surface area (Å²) < 4.78 is 11.1. The molecular formula is C25H33N3O4. The minimum atomic E-state index is -0.412. The van der Waals surface area contributed by atoms with Gasteiger partial charge in [-0.2, -0.15) is 0 Å². The van der Waals surface area contributed by atoms with Crippen molar-refractivity contribution in [2.45, 2.75) is 38.8 Å². The van der Waals surface area contributed by atoms with Gasteiger partial charge in [0.15, 0.2) is 11.5 Å². The molecule has 0 spiro atoms. The number of hydrogen-bond donors (Lipinski definition) is 2. The molecule has 2 aromatic rings. The van der Waals surface area contributed by atoms with E-state index in [1.807, 2.05) is 69.3 Å². The second-order valence-electron chi connectivity index (χ2n) is 9.08. The molecule has 1 aliphatic heterocycles. The fourth-order valence-electron chi connectivity index (χ4n) is 4.07. The zero-order valence-corrected chi connectivity index (χ0v) is 19.5. The molecule has 0 aromatic heterocycles. The van der Waals surface area contributed by atoms with Gasteiger partial charge in [-0.15, -0.1) is 0 Å². The van der Waals surface area contributed by atoms with E-state index in [0.717, 1.165) is 11.1 Å². The van der Waals surface area contributed by atoms with Crippen LogP contribution >= 0.6 is 0 Å². The van der Waals surface area contributed by atoms with Crippen LogP contribution < -0.4 is 20.1 Å². The summed E-state index contributed by atoms with van der Waals surface area (Å²) in [7, 11) is 3.17. The Morgan fingerprint density at radius 1 is 1.00 bits per heavy atom. The van der Waals surface area contributed by atoms with Gasteiger partial charge in [-0.05, 0) is 32.4 Å². The highest BCUT2D eigenvalue weighted by atomic mass is 16.5. The molecule has 2 unspecified atom stereocenters. The van der Waals surface area contributed by atoms with Gasteiger partial charge in [-0.1, -0.05) is 42.5 Å². The largest absolute Gasteiger partial charge is 0.493 e. The number of ether oxygens (including phenoxy) is 2. The predicted octanol–water partition coefficient (Wildman–Crippen LogP) is 3.54. The van der Waals surface area contributed by atoms with Crippen molar-refractivity contribution in [3.8, 4) is 11.5 Å². The van der Waals surface area contributed by atoms with Gasteiger partial charge in [-0.3, -0.25) is 4.79 Å². The SMILES string of the molecule is COc1cccc(C2CN(C(=O)NC(C)(C)C)CC2C(=O)NCc2ccccc2)c1OC. The van der Waals surface area contributed by atoms with E-state index in [2.05, 4.69) is 10.6 Å². The van der Waals surface area contributed by atoms with Crippen molar-refractivity contribution in [3.05, 3.63) is 59.7 Å². The number of urea groups is 1. The zero-order valence-electron chi connectivity index (χ0n) is 19.5. The van der Waals surface area contributed by atoms with Crippen molar-refractivity contribution < 1.29 is 19.1 Å². The molecule has 7 nitrogen and oxygen atoms in total. The highest BCUT2D eigenvalue weighted by Crippen LogP contribution is 2.42. The Bertz CT molecular complexity index is 940. The van der Waals surface area contributed by atoms with Crippen LogP contribution in [-0.4, -0.2) is 49.7 Å². The minimum Gasteiger partial charge on any atom is -0.493 e. The fourth-order valence-corrected chi connectivity index (χ4v) is 4.07. The van der Waals surface area contributed by atoms with Crippen LogP contribution in [0.5, 0.6) is 11.5 Å². The van der Waals surface area contributed by atoms with E-state index in [4.69, 9.17) is 9.47 Å². The summed E-state index contributed by atoms with van der Waals surface area (Å²) >= 11 is 0. The maximum atomic E-state index is 13.3. The number of nitrogens with zero attached hydrogens (tertiary/aromatic N) is 1. The van der Waals surface area contributed by atoms with Gasteiger partial charge in [0.2, 0.25) is 5.91 Å². The first-order valence-corrected chi connectivity index (χ1v) is 10.8. The predicted molar refractivity (Wildman–Crippen MR) is 124 cm³/mol. The summed E-state index contributed by atoms with van der Waals surface area (Å²) in [5.41, 5.74) is 1.52. The van der Waals surface area contributed by atoms with E-state index in [9.17, 15) is 9.59 Å². The molecule has 2 aromatic carbocycles. The number of hydrogen-bond acceptors (Lipinski definition) is 4. The molecule has 0 radical (unpaired) electrons. The normalized spacial score (nSPS) is 18.2. The van der Waals surface area contributed by atoms with Crippen LogP contribution in [0.3, 0.4) is 0 Å². The van der Waals surface area contributed by atoms with Crippen molar-refractivity contribution in [3.63, 3.8) is 0 Å². The lowest BCUT2D eigenvalue weighted by Gasteiger charge is -2.25. The van der Waals surface area contributed by atoms with Gasteiger partial charge in [0.25, 0.3) is 0 Å². The first-order chi connectivity index (χ1) is 15.2. The summed E-state index contributed by atoms with van der Waals surface area (Å²) in [6.07, 6.45) is 0. The number of amides is 3. The molecule has 0 bridgehead atoms. The number of methoxy groups -OCH3 is 2. The molecule has 0 aliphatic carbocycles. The van der Waals surface area contributed by atoms with Crippen molar-refractivity contribution >= 4 is 11.9 Å². The maximum absolute atomic E-state index is 13.3. The zero-order chi connectivity index (χ0) is 23.3. The lowest BCUT2D eigenvalue weighted by Crippen LogP contribution is -2.48. The first-order valence-electron chi connectivity index (χ1n) is 10.8. The number of para-hydroxylation sites is 1. The van der Waals surface area contributed by atoms with E-state index in [1.54, 1.807) is 19.1 Å². The van der Waals surface area contributed by atoms with E-state index in [1.165, 1.54) is 0 Å². The van der Waals surface area contributed by atoms with Gasteiger partial charge in [0, 0.05) is 36.7 Å². The fraction of sp³-hybridized carbons (Fsp3) is 0.440. The van der Waals surface area contributed by atoms with Gasteiger partial charge in [0.1, 0.15) is 0 Å². The lowest BCUT2D eigenvalue weighted by molar-refractivity contribution is -0.125. The van der Waals surface area contributed by atoms with Crippen LogP contribution in [0.15, 0.2) is 48.5 Å². The third-order valence-corrected chi connectivity index (χ3v) is 5.57. The number of carbonyl (C=O) groups is 2. The smallest absolute Gasteiger partial charge is 0.317 e. The van der Waals surface area contributed by atoms with E-state index in [0.29, 0.717) is 31.1 Å². The van der Waals surface area contributed by atoms with Crippen LogP contribution in [-0.2, 0) is 11.3 Å². The highest BCUT2D eigenvalue weighted by molar-refractivity contribution is 5.83. The van der Waals surface area contributed by atoms with Gasteiger partial charge in [0.05, 0.1) is 20.1 Å². The van der Waals surface area contributed by atoms with Crippen molar-refractivity contribution in [2.75, 3.05) is 27.3 Å². The summed E-state index contributed by atoms with van der Waals surface area (Å²) in [5, 5.41) is 6.05. The first kappa shape index (κ1) is 23.4. The molecule has 172 valence electrons. The Hall–Kier alpha value is -3.22. The Kier molecular flexibility index (Phi) is 7.28. The van der Waals surface area contributed by atoms with Crippen LogP contribution in [0.2, 0.25) is 0 Å². The van der Waals surface area contributed by atoms with E-state index < -0.39 is 5.92 Å². The second-order valence-corrected chi connectivity index (χ2v) is 9.08. The molecule has 3 amide bonds. The molecule has 32 heavy (non-hydrogen) atoms. The van der Waals surface area contributed by atoms with Crippen molar-refractivity contribution in [1.82, 2.24) is 15.5 Å². The number of rotatable bonds is 6. The van der Waals surface area contributed by atoms with Crippen LogP contribution in [0, 0.1) is 5.92 Å². The topological polar surface area (TPSA) is 79.9 Å². The second kappa shape index (κ2) is 9.94. The summed E-state index contributed by atoms with van der Waals surface area (Å²) in [4.78, 5) is 27.9. The molecule has 1 fully saturated rings. The van der Waals surface area contributed by atoms with Gasteiger partial charge >= 0.3 is 6.03 Å². The average molecular weight is 440 g/mol. The minimum absolute atomic E-state index is 0.0882. The Balaban J connectivity index is 1.87. The van der Waals surface area contributed by atoms with Crippen molar-refractivity contribution in [2.24, 2.45) is 5.92 Å². The molecule has 1 aliphatic rings. The van der Waals surface area contributed by atoms with Gasteiger partial charge < -0.3 is 25.0 Å². The van der Waals surface area contributed by atoms with E-state index in [-0.39, 0.29) is 23.4 Å². The number of benzene rings is 2. The molecular weight excluding hydrogens is 406 g/mol. The summed E-state index contributed by atoms with van der Waals surface area (Å²) in [6, 6.07) is 15.2. The standard InChI is InChI=1S/C25H33N3O4/c1-25(2,3)27-24(30)28-15-19(18-12-9-13-21(31-4)22(18)32-5)20(16-28)23(29)26-14-17-10-7-6-8-11-17/h6-13,19-20H,14-16H2,1-5H3,(H,26,29)(H,27,30). The number of likely N-dealkylation sites (tertiary alicyclic amines) is 1. The third kappa shape index (κ3) is 5.52. The van der Waals surface area contributed by atoms with Crippen LogP contribution in [0.1, 0.15) is 37.8 Å². The van der Waals surface area contributed by atoms with E-state index >= 15 is 0 Å². The molecule has 3 rings (SSSR count). The van der Waals surface area contributed by atoms with Crippen LogP contribution in [0.25, 0.3) is 0 Å². The monoisotopic (exact) mass is 439 g/mol. The third-order valence-electron chi connectivity index (χ3n) is 5.57. The molecule has 2 N–H and O–H groups in total. The number of carbonyl (C=O) groups excluding carboxylic acids is 2. The summed E-state index contributed by atoms with van der Waals surface area (Å²) in [5.74, 6) is 0.478. The maximum Gasteiger partial charge on any atom is 0.317 e. The molecule has 0 saturated carbocycles. The average Bonchev–Trinajstić information content (AvgIpc) is 3.22. The molecule has 1 saturated heterocycles. The Labute approximate surface area is 190 Å². The summed E-state index contributed by atoms with van der Waals surface area (Å²) in [6.45, 7) is 6.99. The Morgan fingerprint density at radius 3 is 2.34 bits per heavy atom.